The number of hydrogen-bond acceptors (Lipinski definition) is 8. The lowest BCUT2D eigenvalue weighted by Gasteiger charge is -2.39. The first kappa shape index (κ1) is 36.5. The Bertz CT molecular complexity index is 1590. The van der Waals surface area contributed by atoms with Crippen LogP contribution in [0.3, 0.4) is 0 Å². The number of likely N-dealkylation sites (tertiary alicyclic amines) is 1. The van der Waals surface area contributed by atoms with Gasteiger partial charge in [-0.3, -0.25) is 28.8 Å². The molecule has 1 unspecified atom stereocenters. The van der Waals surface area contributed by atoms with E-state index in [0.29, 0.717) is 24.2 Å². The number of anilines is 1. The SMILES string of the molecule is CC(C)(C)[C@H](NC(=O)N[C@H](CNc1c(C2CC2)c(=O)c1=O)C(C)(C)C)C(=O)N1C[C@H]2[C@@H]([C@H]1C(=O)NC(CC1CCC1)C(=O)C(N)=O)C2(C)C. The van der Waals surface area contributed by atoms with Crippen molar-refractivity contribution in [3.63, 3.8) is 0 Å². The number of fused-ring (bicyclic) bond motifs is 1. The number of piperidine rings is 1. The van der Waals surface area contributed by atoms with Gasteiger partial charge in [0.2, 0.25) is 28.5 Å². The van der Waals surface area contributed by atoms with Crippen LogP contribution in [0.2, 0.25) is 0 Å². The molecule has 3 aliphatic carbocycles. The number of primary amides is 1. The summed E-state index contributed by atoms with van der Waals surface area (Å²) < 4.78 is 0. The number of hydrogen-bond donors (Lipinski definition) is 5. The molecule has 3 saturated carbocycles. The number of carbonyl (C=O) groups is 5. The van der Waals surface area contributed by atoms with Gasteiger partial charge in [-0.1, -0.05) is 74.7 Å². The summed E-state index contributed by atoms with van der Waals surface area (Å²) in [6.07, 6.45) is 4.95. The Hall–Kier alpha value is -3.77. The zero-order valence-corrected chi connectivity index (χ0v) is 30.2. The highest BCUT2D eigenvalue weighted by Gasteiger charge is 2.70. The minimum absolute atomic E-state index is 0.0610. The first-order valence-corrected chi connectivity index (χ1v) is 17.7. The Balaban J connectivity index is 1.30. The van der Waals surface area contributed by atoms with Gasteiger partial charge in [-0.25, -0.2) is 4.79 Å². The van der Waals surface area contributed by atoms with E-state index in [9.17, 15) is 33.6 Å². The number of nitrogens with one attached hydrogen (secondary N) is 4. The van der Waals surface area contributed by atoms with Crippen LogP contribution in [-0.2, 0) is 19.2 Å². The summed E-state index contributed by atoms with van der Waals surface area (Å²) in [4.78, 5) is 92.5. The van der Waals surface area contributed by atoms with Gasteiger partial charge in [0.05, 0.1) is 17.8 Å². The van der Waals surface area contributed by atoms with Gasteiger partial charge in [-0.05, 0) is 59.2 Å². The second-order valence-corrected chi connectivity index (χ2v) is 17.6. The maximum absolute atomic E-state index is 14.4. The number of nitrogens with zero attached hydrogens (tertiary/aromatic N) is 1. The zero-order valence-electron chi connectivity index (χ0n) is 30.2. The van der Waals surface area contributed by atoms with Gasteiger partial charge in [-0.2, -0.15) is 0 Å². The van der Waals surface area contributed by atoms with E-state index in [1.807, 2.05) is 41.5 Å². The fourth-order valence-electron chi connectivity index (χ4n) is 7.80. The van der Waals surface area contributed by atoms with E-state index < -0.39 is 75.4 Å². The molecule has 6 N–H and O–H groups in total. The van der Waals surface area contributed by atoms with Crippen LogP contribution in [0.1, 0.15) is 105 Å². The Morgan fingerprint density at radius 2 is 1.53 bits per heavy atom. The second kappa shape index (κ2) is 12.8. The fourth-order valence-corrected chi connectivity index (χ4v) is 7.80. The smallest absolute Gasteiger partial charge is 0.315 e. The summed E-state index contributed by atoms with van der Waals surface area (Å²) in [5.41, 5.74) is 3.86. The third kappa shape index (κ3) is 7.26. The molecule has 6 atom stereocenters. The molecule has 1 heterocycles. The third-order valence-electron chi connectivity index (χ3n) is 11.6. The van der Waals surface area contributed by atoms with Crippen LogP contribution < -0.4 is 37.9 Å². The molecule has 1 aromatic rings. The lowest BCUT2D eigenvalue weighted by Crippen LogP contribution is -2.62. The molecule has 1 aliphatic heterocycles. The topological polar surface area (TPSA) is 197 Å². The quantitative estimate of drug-likeness (QED) is 0.195. The van der Waals surface area contributed by atoms with Gasteiger partial charge in [0.25, 0.3) is 5.91 Å². The molecule has 5 rings (SSSR count). The first-order valence-electron chi connectivity index (χ1n) is 17.7. The number of ketones is 1. The van der Waals surface area contributed by atoms with Crippen molar-refractivity contribution in [2.24, 2.45) is 39.7 Å². The summed E-state index contributed by atoms with van der Waals surface area (Å²) in [6, 6.07) is -4.00. The van der Waals surface area contributed by atoms with Gasteiger partial charge in [0.15, 0.2) is 0 Å². The van der Waals surface area contributed by atoms with Gasteiger partial charge in [0.1, 0.15) is 12.1 Å². The molecule has 0 aromatic heterocycles. The first-order chi connectivity index (χ1) is 22.6. The Kier molecular flexibility index (Phi) is 9.57. The molecule has 0 radical (unpaired) electrons. The van der Waals surface area contributed by atoms with Crippen LogP contribution in [0.4, 0.5) is 10.5 Å². The van der Waals surface area contributed by atoms with E-state index >= 15 is 0 Å². The molecule has 13 nitrogen and oxygen atoms in total. The molecule has 13 heteroatoms. The normalized spacial score (nSPS) is 25.0. The van der Waals surface area contributed by atoms with Gasteiger partial charge in [0, 0.05) is 18.7 Å². The predicted molar refractivity (Wildman–Crippen MR) is 184 cm³/mol. The molecule has 0 bridgehead atoms. The van der Waals surface area contributed by atoms with Gasteiger partial charge >= 0.3 is 6.03 Å². The third-order valence-corrected chi connectivity index (χ3v) is 11.6. The minimum atomic E-state index is -1.10. The summed E-state index contributed by atoms with van der Waals surface area (Å²) in [5, 5.41) is 11.8. The standard InChI is InChI=1S/C36H54N6O7/c1-34(2,3)21(15-38-24-22(18-12-13-18)27(44)28(24)45)40-33(49)41-29(35(4,5)6)32(48)42-16-19-23(36(19,7)8)25(42)31(47)39-20(26(43)30(37)46)14-17-10-9-11-17/h17-21,23,25,29,38H,9-16H2,1-8H3,(H2,37,46)(H,39,47)(H2,40,41,49)/t19-,20?,21+,23-,25-,29+/m0/s1. The minimum Gasteiger partial charge on any atom is -0.379 e. The van der Waals surface area contributed by atoms with Crippen LogP contribution in [0.5, 0.6) is 0 Å². The molecule has 5 amide bonds. The molecule has 0 spiro atoms. The van der Waals surface area contributed by atoms with E-state index in [-0.39, 0.29) is 35.6 Å². The van der Waals surface area contributed by atoms with E-state index in [1.54, 1.807) is 0 Å². The van der Waals surface area contributed by atoms with E-state index in [0.717, 1.165) is 32.1 Å². The van der Waals surface area contributed by atoms with Crippen LogP contribution in [0.15, 0.2) is 9.59 Å². The highest BCUT2D eigenvalue weighted by Crippen LogP contribution is 2.65. The number of carbonyl (C=O) groups excluding carboxylic acids is 5. The summed E-state index contributed by atoms with van der Waals surface area (Å²) in [6.45, 7) is 16.0. The van der Waals surface area contributed by atoms with Crippen molar-refractivity contribution in [1.82, 2.24) is 20.9 Å². The highest BCUT2D eigenvalue weighted by molar-refractivity contribution is 6.37. The highest BCUT2D eigenvalue weighted by atomic mass is 16.2. The van der Waals surface area contributed by atoms with Crippen molar-refractivity contribution in [2.45, 2.75) is 124 Å². The van der Waals surface area contributed by atoms with Crippen molar-refractivity contribution in [2.75, 3.05) is 18.4 Å². The van der Waals surface area contributed by atoms with Crippen molar-refractivity contribution < 1.29 is 24.0 Å². The average molecular weight is 683 g/mol. The molecular formula is C36H54N6O7. The van der Waals surface area contributed by atoms with Crippen molar-refractivity contribution in [3.8, 4) is 0 Å². The fraction of sp³-hybridized carbons (Fsp3) is 0.750. The average Bonchev–Trinajstić information content (AvgIpc) is 3.84. The number of urea groups is 1. The van der Waals surface area contributed by atoms with Crippen LogP contribution in [0.25, 0.3) is 0 Å². The predicted octanol–water partition coefficient (Wildman–Crippen LogP) is 1.91. The molecule has 4 fully saturated rings. The van der Waals surface area contributed by atoms with Crippen LogP contribution in [-0.4, -0.2) is 71.7 Å². The van der Waals surface area contributed by atoms with Gasteiger partial charge < -0.3 is 31.9 Å². The number of nitrogens with two attached hydrogens (primary N) is 1. The molecule has 4 aliphatic rings. The monoisotopic (exact) mass is 682 g/mol. The van der Waals surface area contributed by atoms with Crippen LogP contribution >= 0.6 is 0 Å². The Morgan fingerprint density at radius 1 is 0.898 bits per heavy atom. The van der Waals surface area contributed by atoms with E-state index in [4.69, 9.17) is 5.73 Å². The molecule has 1 aromatic carbocycles. The number of Topliss-reactive ketones (excluding diaryl/α,β-unsaturated/α-hetero) is 1. The molecule has 49 heavy (non-hydrogen) atoms. The Labute approximate surface area is 287 Å². The summed E-state index contributed by atoms with van der Waals surface area (Å²) >= 11 is 0. The molecule has 270 valence electrons. The summed E-state index contributed by atoms with van der Waals surface area (Å²) in [5.74, 6) is -2.60. The second-order valence-electron chi connectivity index (χ2n) is 17.6. The Morgan fingerprint density at radius 3 is 2.04 bits per heavy atom. The largest absolute Gasteiger partial charge is 0.379 e. The van der Waals surface area contributed by atoms with Crippen molar-refractivity contribution >= 4 is 35.2 Å². The van der Waals surface area contributed by atoms with Crippen molar-refractivity contribution in [3.05, 3.63) is 26.0 Å². The van der Waals surface area contributed by atoms with E-state index in [2.05, 4.69) is 35.1 Å². The van der Waals surface area contributed by atoms with Gasteiger partial charge in [-0.15, -0.1) is 0 Å². The summed E-state index contributed by atoms with van der Waals surface area (Å²) in [7, 11) is 0. The lowest BCUT2D eigenvalue weighted by atomic mass is 9.80. The number of amides is 5. The number of rotatable bonds is 13. The molecular weight excluding hydrogens is 628 g/mol. The van der Waals surface area contributed by atoms with Crippen LogP contribution in [0, 0.1) is 34.0 Å². The van der Waals surface area contributed by atoms with Crippen molar-refractivity contribution in [1.29, 1.82) is 0 Å². The zero-order chi connectivity index (χ0) is 36.4. The maximum atomic E-state index is 14.4. The lowest BCUT2D eigenvalue weighted by molar-refractivity contribution is -0.145. The maximum Gasteiger partial charge on any atom is 0.315 e. The van der Waals surface area contributed by atoms with E-state index in [1.165, 1.54) is 4.90 Å². The molecule has 1 saturated heterocycles.